The summed E-state index contributed by atoms with van der Waals surface area (Å²) in [5, 5.41) is 0. The van der Waals surface area contributed by atoms with Crippen molar-refractivity contribution in [2.75, 3.05) is 32.9 Å². The highest BCUT2D eigenvalue weighted by atomic mass is 16.5. The smallest absolute Gasteiger partial charge is 0.112 e. The lowest BCUT2D eigenvalue weighted by atomic mass is 10.3. The molecule has 2 saturated heterocycles. The van der Waals surface area contributed by atoms with Gasteiger partial charge in [-0.2, -0.15) is 0 Å². The van der Waals surface area contributed by atoms with Crippen molar-refractivity contribution in [3.05, 3.63) is 12.0 Å². The Balaban J connectivity index is 1.86. The summed E-state index contributed by atoms with van der Waals surface area (Å²) in [6, 6.07) is 0. The topological polar surface area (TPSA) is 21.7 Å². The van der Waals surface area contributed by atoms with E-state index in [-0.39, 0.29) is 0 Å². The number of hydrogen-bond acceptors (Lipinski definition) is 3. The Morgan fingerprint density at radius 2 is 2.00 bits per heavy atom. The minimum Gasteiger partial charge on any atom is -0.496 e. The van der Waals surface area contributed by atoms with Crippen molar-refractivity contribution in [3.63, 3.8) is 0 Å². The van der Waals surface area contributed by atoms with E-state index in [9.17, 15) is 0 Å². The van der Waals surface area contributed by atoms with Crippen LogP contribution in [0.5, 0.6) is 0 Å². The first-order valence-corrected chi connectivity index (χ1v) is 4.60. The highest BCUT2D eigenvalue weighted by Crippen LogP contribution is 2.16. The van der Waals surface area contributed by atoms with Crippen LogP contribution in [0.15, 0.2) is 12.0 Å². The third-order valence-corrected chi connectivity index (χ3v) is 2.23. The van der Waals surface area contributed by atoms with E-state index in [0.717, 1.165) is 45.1 Å². The van der Waals surface area contributed by atoms with Gasteiger partial charge in [0.15, 0.2) is 0 Å². The van der Waals surface area contributed by atoms with Crippen LogP contribution in [0.4, 0.5) is 0 Å². The fraction of sp³-hybridized carbons (Fsp3) is 0.778. The monoisotopic (exact) mass is 169 g/mol. The summed E-state index contributed by atoms with van der Waals surface area (Å²) >= 11 is 0. The van der Waals surface area contributed by atoms with Gasteiger partial charge in [-0.15, -0.1) is 0 Å². The molecule has 12 heavy (non-hydrogen) atoms. The van der Waals surface area contributed by atoms with Crippen molar-refractivity contribution < 1.29 is 9.47 Å². The molecule has 0 aliphatic carbocycles. The molecule has 3 nitrogen and oxygen atoms in total. The highest BCUT2D eigenvalue weighted by molar-refractivity contribution is 4.96. The summed E-state index contributed by atoms with van der Waals surface area (Å²) in [4.78, 5) is 2.28. The molecule has 0 amide bonds. The standard InChI is InChI=1S/C9H15NO2/c1-2-9(12-5-1)8-10-3-6-11-7-4-10/h8H,1-7H2/b9-8+. The van der Waals surface area contributed by atoms with E-state index in [0.29, 0.717) is 0 Å². The molecule has 2 aliphatic rings. The number of nitrogens with zero attached hydrogens (tertiary/aromatic N) is 1. The molecule has 2 aliphatic heterocycles. The van der Waals surface area contributed by atoms with Crippen LogP contribution in [0.2, 0.25) is 0 Å². The van der Waals surface area contributed by atoms with E-state index in [1.807, 2.05) is 0 Å². The summed E-state index contributed by atoms with van der Waals surface area (Å²) in [5.74, 6) is 1.15. The average Bonchev–Trinajstić information content (AvgIpc) is 2.59. The van der Waals surface area contributed by atoms with Crippen molar-refractivity contribution in [2.24, 2.45) is 0 Å². The Kier molecular flexibility index (Phi) is 2.51. The normalized spacial score (nSPS) is 27.7. The first kappa shape index (κ1) is 7.92. The van der Waals surface area contributed by atoms with E-state index in [4.69, 9.17) is 9.47 Å². The zero-order valence-corrected chi connectivity index (χ0v) is 7.29. The van der Waals surface area contributed by atoms with Crippen molar-refractivity contribution in [1.82, 2.24) is 4.90 Å². The number of allylic oxidation sites excluding steroid dienone is 1. The Morgan fingerprint density at radius 1 is 1.17 bits per heavy atom. The molecule has 0 bridgehead atoms. The molecule has 0 aromatic rings. The van der Waals surface area contributed by atoms with E-state index >= 15 is 0 Å². The average molecular weight is 169 g/mol. The Labute approximate surface area is 72.9 Å². The second kappa shape index (κ2) is 3.81. The number of morpholine rings is 1. The lowest BCUT2D eigenvalue weighted by molar-refractivity contribution is 0.0573. The van der Waals surface area contributed by atoms with Gasteiger partial charge in [-0.25, -0.2) is 0 Å². The number of rotatable bonds is 1. The Bertz CT molecular complexity index is 165. The van der Waals surface area contributed by atoms with Gasteiger partial charge in [0.25, 0.3) is 0 Å². The van der Waals surface area contributed by atoms with Crippen LogP contribution in [-0.4, -0.2) is 37.8 Å². The Hall–Kier alpha value is -0.700. The van der Waals surface area contributed by atoms with Crippen LogP contribution >= 0.6 is 0 Å². The minimum atomic E-state index is 0.851. The van der Waals surface area contributed by atoms with Crippen molar-refractivity contribution in [1.29, 1.82) is 0 Å². The van der Waals surface area contributed by atoms with Crippen LogP contribution in [0.25, 0.3) is 0 Å². The molecule has 2 fully saturated rings. The summed E-state index contributed by atoms with van der Waals surface area (Å²) in [7, 11) is 0. The van der Waals surface area contributed by atoms with Gasteiger partial charge in [0.05, 0.1) is 19.8 Å². The molecule has 0 aromatic carbocycles. The summed E-state index contributed by atoms with van der Waals surface area (Å²) in [6.45, 7) is 4.61. The maximum Gasteiger partial charge on any atom is 0.112 e. The maximum absolute atomic E-state index is 5.43. The van der Waals surface area contributed by atoms with Gasteiger partial charge in [-0.05, 0) is 6.42 Å². The summed E-state index contributed by atoms with van der Waals surface area (Å²) in [5.41, 5.74) is 0. The van der Waals surface area contributed by atoms with Gasteiger partial charge in [-0.3, -0.25) is 0 Å². The lowest BCUT2D eigenvalue weighted by Crippen LogP contribution is -2.32. The van der Waals surface area contributed by atoms with Gasteiger partial charge in [0, 0.05) is 25.7 Å². The molecule has 0 spiro atoms. The zero-order chi connectivity index (χ0) is 8.23. The molecular weight excluding hydrogens is 154 g/mol. The van der Waals surface area contributed by atoms with E-state index in [1.54, 1.807) is 0 Å². The minimum absolute atomic E-state index is 0.851. The Morgan fingerprint density at radius 3 is 2.67 bits per heavy atom. The van der Waals surface area contributed by atoms with E-state index in [2.05, 4.69) is 11.1 Å². The van der Waals surface area contributed by atoms with Crippen LogP contribution in [0.1, 0.15) is 12.8 Å². The molecule has 68 valence electrons. The largest absolute Gasteiger partial charge is 0.496 e. The van der Waals surface area contributed by atoms with Crippen molar-refractivity contribution in [2.45, 2.75) is 12.8 Å². The van der Waals surface area contributed by atoms with Crippen molar-refractivity contribution in [3.8, 4) is 0 Å². The third kappa shape index (κ3) is 1.91. The SMILES string of the molecule is C(=C1/CCCO1)/N1CCOCC1. The van der Waals surface area contributed by atoms with Crippen molar-refractivity contribution >= 4 is 0 Å². The second-order valence-corrected chi connectivity index (χ2v) is 3.20. The fourth-order valence-corrected chi connectivity index (χ4v) is 1.53. The molecule has 0 aromatic heterocycles. The predicted octanol–water partition coefficient (Wildman–Crippen LogP) is 0.970. The van der Waals surface area contributed by atoms with E-state index < -0.39 is 0 Å². The first-order valence-electron chi connectivity index (χ1n) is 4.60. The molecule has 0 radical (unpaired) electrons. The molecule has 0 unspecified atom stereocenters. The predicted molar refractivity (Wildman–Crippen MR) is 45.7 cm³/mol. The summed E-state index contributed by atoms with van der Waals surface area (Å²) < 4.78 is 10.7. The van der Waals surface area contributed by atoms with Gasteiger partial charge >= 0.3 is 0 Å². The maximum atomic E-state index is 5.43. The molecule has 0 saturated carbocycles. The third-order valence-electron chi connectivity index (χ3n) is 2.23. The number of ether oxygens (including phenoxy) is 2. The van der Waals surface area contributed by atoms with E-state index in [1.165, 1.54) is 6.42 Å². The fourth-order valence-electron chi connectivity index (χ4n) is 1.53. The number of hydrogen-bond donors (Lipinski definition) is 0. The second-order valence-electron chi connectivity index (χ2n) is 3.20. The van der Waals surface area contributed by atoms with Crippen LogP contribution < -0.4 is 0 Å². The van der Waals surface area contributed by atoms with Crippen LogP contribution in [0, 0.1) is 0 Å². The first-order chi connectivity index (χ1) is 5.95. The van der Waals surface area contributed by atoms with Gasteiger partial charge in [0.2, 0.25) is 0 Å². The zero-order valence-electron chi connectivity index (χ0n) is 7.29. The van der Waals surface area contributed by atoms with Gasteiger partial charge < -0.3 is 14.4 Å². The van der Waals surface area contributed by atoms with Crippen LogP contribution in [-0.2, 0) is 9.47 Å². The molecule has 2 rings (SSSR count). The van der Waals surface area contributed by atoms with Crippen LogP contribution in [0.3, 0.4) is 0 Å². The quantitative estimate of drug-likeness (QED) is 0.584. The molecule has 0 N–H and O–H groups in total. The molecule has 0 atom stereocenters. The van der Waals surface area contributed by atoms with Gasteiger partial charge in [0.1, 0.15) is 5.76 Å². The summed E-state index contributed by atoms with van der Waals surface area (Å²) in [6.07, 6.45) is 4.43. The molecule has 3 heteroatoms. The van der Waals surface area contributed by atoms with Gasteiger partial charge in [-0.1, -0.05) is 0 Å². The molecule has 2 heterocycles. The molecular formula is C9H15NO2. The lowest BCUT2D eigenvalue weighted by Gasteiger charge is -2.25. The highest BCUT2D eigenvalue weighted by Gasteiger charge is 2.11.